The molecule has 2 bridgehead atoms. The molecule has 0 aromatic rings. The Kier molecular flexibility index (Phi) is 7.28. The third-order valence-electron chi connectivity index (χ3n) is 9.58. The van der Waals surface area contributed by atoms with Crippen LogP contribution in [0.3, 0.4) is 0 Å². The molecule has 4 aliphatic rings. The number of carbonyl (C=O) groups is 2. The lowest BCUT2D eigenvalue weighted by Gasteiger charge is -2.48. The van der Waals surface area contributed by atoms with Crippen LogP contribution in [0.25, 0.3) is 0 Å². The fraction of sp³-hybridized carbons (Fsp3) is 0.667. The Morgan fingerprint density at radius 2 is 1.97 bits per heavy atom. The summed E-state index contributed by atoms with van der Waals surface area (Å²) in [5.41, 5.74) is -2.79. The van der Waals surface area contributed by atoms with Crippen LogP contribution in [-0.4, -0.2) is 51.5 Å². The highest BCUT2D eigenvalue weighted by molar-refractivity contribution is 5.95. The van der Waals surface area contributed by atoms with Crippen LogP contribution in [0.15, 0.2) is 47.6 Å². The summed E-state index contributed by atoms with van der Waals surface area (Å²) in [4.78, 5) is 27.1. The van der Waals surface area contributed by atoms with Gasteiger partial charge in [-0.25, -0.2) is 4.79 Å². The van der Waals surface area contributed by atoms with E-state index in [4.69, 9.17) is 4.74 Å². The Bertz CT molecular complexity index is 1020. The molecule has 0 aliphatic heterocycles. The Labute approximate surface area is 214 Å². The highest BCUT2D eigenvalue weighted by atomic mass is 16.6. The molecule has 0 aromatic carbocycles. The molecule has 0 amide bonds. The first-order valence-electron chi connectivity index (χ1n) is 13.5. The molecule has 0 saturated heterocycles. The molecule has 0 aromatic heterocycles. The third-order valence-corrected chi connectivity index (χ3v) is 9.58. The summed E-state index contributed by atoms with van der Waals surface area (Å²) in [6, 6.07) is 0. The number of esters is 1. The summed E-state index contributed by atoms with van der Waals surface area (Å²) >= 11 is 0. The van der Waals surface area contributed by atoms with Crippen molar-refractivity contribution in [1.82, 2.24) is 0 Å². The van der Waals surface area contributed by atoms with Gasteiger partial charge in [0.25, 0.3) is 0 Å². The monoisotopic (exact) mass is 498 g/mol. The predicted molar refractivity (Wildman–Crippen MR) is 138 cm³/mol. The number of carbonyl (C=O) groups excluding carboxylic acids is 2. The van der Waals surface area contributed by atoms with Gasteiger partial charge in [-0.3, -0.25) is 4.79 Å². The van der Waals surface area contributed by atoms with Gasteiger partial charge in [-0.05, 0) is 60.5 Å². The quantitative estimate of drug-likeness (QED) is 0.153. The molecule has 4 aliphatic carbocycles. The lowest BCUT2D eigenvalue weighted by Crippen LogP contribution is -2.65. The van der Waals surface area contributed by atoms with Crippen molar-refractivity contribution in [3.8, 4) is 0 Å². The molecule has 3 N–H and O–H groups in total. The van der Waals surface area contributed by atoms with Gasteiger partial charge in [-0.1, -0.05) is 70.9 Å². The molecular weight excluding hydrogens is 456 g/mol. The zero-order valence-corrected chi connectivity index (χ0v) is 22.2. The van der Waals surface area contributed by atoms with E-state index in [1.54, 1.807) is 31.2 Å². The van der Waals surface area contributed by atoms with Crippen LogP contribution in [0, 0.1) is 34.5 Å². The summed E-state index contributed by atoms with van der Waals surface area (Å²) in [6.45, 7) is 9.66. The van der Waals surface area contributed by atoms with Crippen molar-refractivity contribution in [2.75, 3.05) is 6.61 Å². The SMILES string of the molecule is CCCCC/C=C/C=C/C(=O)O[C@H]1C(C)=C[C@@]23C(=O)[C@@H](C=C(CO)[C@@H](O)[C@]12O)[C@H]1[C@@H](C[C@H]3C)C1(C)C. The number of ketones is 1. The summed E-state index contributed by atoms with van der Waals surface area (Å²) in [7, 11) is 0. The Balaban J connectivity index is 1.66. The van der Waals surface area contributed by atoms with Crippen LogP contribution in [0.2, 0.25) is 0 Å². The Hall–Kier alpha value is -2.02. The van der Waals surface area contributed by atoms with E-state index in [0.29, 0.717) is 11.5 Å². The van der Waals surface area contributed by atoms with Gasteiger partial charge in [-0.2, -0.15) is 0 Å². The number of hydrogen-bond acceptors (Lipinski definition) is 6. The van der Waals surface area contributed by atoms with Crippen LogP contribution in [0.1, 0.15) is 66.7 Å². The smallest absolute Gasteiger partial charge is 0.331 e. The maximum absolute atomic E-state index is 14.3. The molecular formula is C30H42O6. The maximum Gasteiger partial charge on any atom is 0.331 e. The second kappa shape index (κ2) is 9.70. The first kappa shape index (κ1) is 27.0. The highest BCUT2D eigenvalue weighted by Gasteiger charge is 2.76. The van der Waals surface area contributed by atoms with E-state index in [1.165, 1.54) is 6.08 Å². The number of allylic oxidation sites excluding steroid dienone is 4. The van der Waals surface area contributed by atoms with Crippen LogP contribution >= 0.6 is 0 Å². The molecule has 2 saturated carbocycles. The molecule has 198 valence electrons. The van der Waals surface area contributed by atoms with E-state index in [1.807, 2.05) is 13.0 Å². The van der Waals surface area contributed by atoms with Crippen molar-refractivity contribution in [1.29, 1.82) is 0 Å². The van der Waals surface area contributed by atoms with Crippen LogP contribution in [0.5, 0.6) is 0 Å². The number of fused-ring (bicyclic) bond motifs is 3. The number of aliphatic hydroxyl groups excluding tert-OH is 2. The van der Waals surface area contributed by atoms with Gasteiger partial charge in [-0.15, -0.1) is 0 Å². The number of rotatable bonds is 8. The van der Waals surface area contributed by atoms with Gasteiger partial charge in [0.15, 0.2) is 17.5 Å². The third kappa shape index (κ3) is 3.88. The fourth-order valence-corrected chi connectivity index (χ4v) is 7.57. The zero-order valence-electron chi connectivity index (χ0n) is 22.2. The molecule has 6 heteroatoms. The number of ether oxygens (including phenoxy) is 1. The molecule has 4 rings (SSSR count). The Morgan fingerprint density at radius 1 is 1.25 bits per heavy atom. The number of Topliss-reactive ketones (excluding diaryl/α,β-unsaturated/α-hetero) is 1. The molecule has 0 unspecified atom stereocenters. The predicted octanol–water partition coefficient (Wildman–Crippen LogP) is 4.06. The molecule has 1 spiro atoms. The minimum atomic E-state index is -2.10. The lowest BCUT2D eigenvalue weighted by atomic mass is 9.59. The second-order valence-corrected chi connectivity index (χ2v) is 12.0. The fourth-order valence-electron chi connectivity index (χ4n) is 7.57. The van der Waals surface area contributed by atoms with Crippen LogP contribution in [-0.2, 0) is 14.3 Å². The highest BCUT2D eigenvalue weighted by Crippen LogP contribution is 2.71. The van der Waals surface area contributed by atoms with E-state index >= 15 is 0 Å². The van der Waals surface area contributed by atoms with E-state index in [-0.39, 0.29) is 28.6 Å². The largest absolute Gasteiger partial charge is 0.451 e. The van der Waals surface area contributed by atoms with Crippen molar-refractivity contribution < 1.29 is 29.6 Å². The van der Waals surface area contributed by atoms with E-state index < -0.39 is 41.7 Å². The number of aliphatic hydroxyl groups is 3. The number of unbranched alkanes of at least 4 members (excludes halogenated alkanes) is 3. The van der Waals surface area contributed by atoms with E-state index in [0.717, 1.165) is 32.1 Å². The van der Waals surface area contributed by atoms with Gasteiger partial charge in [0, 0.05) is 12.0 Å². The molecule has 0 radical (unpaired) electrons. The van der Waals surface area contributed by atoms with Gasteiger partial charge in [0.2, 0.25) is 0 Å². The normalized spacial score (nSPS) is 40.8. The zero-order chi connectivity index (χ0) is 26.5. The topological polar surface area (TPSA) is 104 Å². The summed E-state index contributed by atoms with van der Waals surface area (Å²) in [5.74, 6) is -1.21. The molecule has 6 nitrogen and oxygen atoms in total. The maximum atomic E-state index is 14.3. The molecule has 0 heterocycles. The van der Waals surface area contributed by atoms with Crippen molar-refractivity contribution in [3.05, 3.63) is 47.6 Å². The Morgan fingerprint density at radius 3 is 2.64 bits per heavy atom. The second-order valence-electron chi connectivity index (χ2n) is 12.0. The van der Waals surface area contributed by atoms with Crippen molar-refractivity contribution in [2.24, 2.45) is 34.5 Å². The molecule has 36 heavy (non-hydrogen) atoms. The van der Waals surface area contributed by atoms with Gasteiger partial charge >= 0.3 is 5.97 Å². The van der Waals surface area contributed by atoms with E-state index in [2.05, 4.69) is 20.8 Å². The van der Waals surface area contributed by atoms with Gasteiger partial charge in [0.05, 0.1) is 12.0 Å². The van der Waals surface area contributed by atoms with Crippen molar-refractivity contribution >= 4 is 11.8 Å². The summed E-state index contributed by atoms with van der Waals surface area (Å²) in [5, 5.41) is 34.0. The number of hydrogen-bond donors (Lipinski definition) is 3. The minimum Gasteiger partial charge on any atom is -0.451 e. The van der Waals surface area contributed by atoms with E-state index in [9.17, 15) is 24.9 Å². The average Bonchev–Trinajstić information content (AvgIpc) is 3.32. The molecule has 2 fully saturated rings. The first-order valence-corrected chi connectivity index (χ1v) is 13.5. The van der Waals surface area contributed by atoms with Gasteiger partial charge in [0.1, 0.15) is 6.10 Å². The van der Waals surface area contributed by atoms with Crippen LogP contribution < -0.4 is 0 Å². The first-order chi connectivity index (χ1) is 17.0. The summed E-state index contributed by atoms with van der Waals surface area (Å²) < 4.78 is 5.76. The average molecular weight is 499 g/mol. The molecule has 8 atom stereocenters. The summed E-state index contributed by atoms with van der Waals surface area (Å²) in [6.07, 6.45) is 12.4. The van der Waals surface area contributed by atoms with Crippen molar-refractivity contribution in [3.63, 3.8) is 0 Å². The minimum absolute atomic E-state index is 0.0290. The lowest BCUT2D eigenvalue weighted by molar-refractivity contribution is -0.201. The van der Waals surface area contributed by atoms with Crippen molar-refractivity contribution in [2.45, 2.75) is 84.5 Å². The standard InChI is InChI=1S/C30H42O6/c1-6-7-8-9-10-11-12-13-23(32)36-27-18(2)16-29-19(3)14-22-24(28(22,4)5)21(26(29)34)15-20(17-31)25(33)30(27,29)35/h10-13,15-16,19,21-22,24-25,27,31,33,35H,6-9,14,17H2,1-5H3/b11-10+,13-12+/t19-,21+,22-,24+,25-,27+,29-,30+/m1/s1. The van der Waals surface area contributed by atoms with Crippen LogP contribution in [0.4, 0.5) is 0 Å². The van der Waals surface area contributed by atoms with Gasteiger partial charge < -0.3 is 20.1 Å².